The van der Waals surface area contributed by atoms with Crippen LogP contribution < -0.4 is 15.5 Å². The second-order valence-corrected chi connectivity index (χ2v) is 7.98. The van der Waals surface area contributed by atoms with Crippen LogP contribution in [0.2, 0.25) is 0 Å². The van der Waals surface area contributed by atoms with E-state index in [9.17, 15) is 28.3 Å². The van der Waals surface area contributed by atoms with Crippen molar-refractivity contribution in [1.82, 2.24) is 14.8 Å². The number of nitrogens with zero attached hydrogens (tertiary/aromatic N) is 2. The second-order valence-electron chi connectivity index (χ2n) is 7.98. The molecule has 4 rings (SSSR count). The summed E-state index contributed by atoms with van der Waals surface area (Å²) in [5.74, 6) is -2.88. The fourth-order valence-electron chi connectivity index (χ4n) is 4.06. The molecule has 0 saturated carbocycles. The lowest BCUT2D eigenvalue weighted by Gasteiger charge is -2.38. The molecule has 1 aromatic carbocycles. The number of carbonyl (C=O) groups is 2. The Kier molecular flexibility index (Phi) is 7.00. The topological polar surface area (TPSA) is 129 Å². The molecule has 13 heteroatoms. The zero-order chi connectivity index (χ0) is 25.3. The molecule has 2 unspecified atom stereocenters. The highest BCUT2D eigenvalue weighted by Crippen LogP contribution is 2.37. The van der Waals surface area contributed by atoms with Gasteiger partial charge in [0.15, 0.2) is 12.0 Å². The van der Waals surface area contributed by atoms with Crippen molar-refractivity contribution in [3.05, 3.63) is 63.1 Å². The van der Waals surface area contributed by atoms with Gasteiger partial charge in [0.2, 0.25) is 12.2 Å². The Morgan fingerprint density at radius 2 is 2.09 bits per heavy atom. The van der Waals surface area contributed by atoms with Gasteiger partial charge in [-0.25, -0.2) is 18.5 Å². The summed E-state index contributed by atoms with van der Waals surface area (Å²) in [5, 5.41) is 13.4. The third-order valence-corrected chi connectivity index (χ3v) is 5.77. The van der Waals surface area contributed by atoms with Gasteiger partial charge in [0.05, 0.1) is 20.3 Å². The Balaban J connectivity index is 1.66. The molecule has 2 aliphatic heterocycles. The van der Waals surface area contributed by atoms with Crippen LogP contribution in [0.25, 0.3) is 0 Å². The quantitative estimate of drug-likeness (QED) is 0.449. The third-order valence-electron chi connectivity index (χ3n) is 5.77. The number of nitrogens with one attached hydrogen (secondary N) is 1. The number of fused-ring (bicyclic) bond motifs is 2. The second kappa shape index (κ2) is 9.98. The number of benzene rings is 1. The van der Waals surface area contributed by atoms with E-state index in [0.717, 1.165) is 13.2 Å². The molecule has 1 aromatic heterocycles. The first-order valence-electron chi connectivity index (χ1n) is 10.6. The van der Waals surface area contributed by atoms with Crippen LogP contribution >= 0.6 is 0 Å². The highest BCUT2D eigenvalue weighted by molar-refractivity contribution is 5.94. The van der Waals surface area contributed by atoms with Gasteiger partial charge in [0.25, 0.3) is 5.91 Å². The minimum absolute atomic E-state index is 0.0140. The number of hydrogen-bond donors (Lipinski definition) is 2. The summed E-state index contributed by atoms with van der Waals surface area (Å²) in [4.78, 5) is 39.0. The van der Waals surface area contributed by atoms with Crippen LogP contribution in [0.5, 0.6) is 5.75 Å². The smallest absolute Gasteiger partial charge is 0.451 e. The summed E-state index contributed by atoms with van der Waals surface area (Å²) in [6.45, 7) is 1.32. The fourth-order valence-corrected chi connectivity index (χ4v) is 4.06. The Morgan fingerprint density at radius 1 is 1.31 bits per heavy atom. The van der Waals surface area contributed by atoms with E-state index in [-0.39, 0.29) is 36.0 Å². The van der Waals surface area contributed by atoms with Crippen LogP contribution in [-0.4, -0.2) is 59.4 Å². The van der Waals surface area contributed by atoms with Crippen LogP contribution in [0, 0.1) is 11.6 Å². The number of ether oxygens (including phenoxy) is 4. The van der Waals surface area contributed by atoms with Crippen LogP contribution in [0.4, 0.5) is 13.6 Å². The highest BCUT2D eigenvalue weighted by Gasteiger charge is 2.44. The molecule has 3 atom stereocenters. The number of aliphatic hydroxyl groups excluding tert-OH is 1. The summed E-state index contributed by atoms with van der Waals surface area (Å²) >= 11 is 0. The van der Waals surface area contributed by atoms with Gasteiger partial charge in [-0.15, -0.1) is 0 Å². The van der Waals surface area contributed by atoms with E-state index >= 15 is 0 Å². The number of aliphatic hydroxyl groups is 1. The van der Waals surface area contributed by atoms with Gasteiger partial charge in [-0.3, -0.25) is 9.59 Å². The molecule has 0 aliphatic carbocycles. The summed E-state index contributed by atoms with van der Waals surface area (Å²) in [7, 11) is 1.09. The molecule has 2 aromatic rings. The van der Waals surface area contributed by atoms with Gasteiger partial charge >= 0.3 is 6.16 Å². The Hall–Kier alpha value is -3.55. The number of aromatic nitrogens is 1. The SMILES string of the molecule is COC(=O)OCOc1c2n(cc(C(=O)NCc3ccc(F)cc3F)c1=O)C[C@H]1OCC(C)N1C2O. The zero-order valence-corrected chi connectivity index (χ0v) is 18.8. The molecular weight excluding hydrogens is 472 g/mol. The molecule has 2 N–H and O–H groups in total. The van der Waals surface area contributed by atoms with Crippen molar-refractivity contribution in [3.8, 4) is 5.75 Å². The number of pyridine rings is 1. The van der Waals surface area contributed by atoms with E-state index in [4.69, 9.17) is 9.47 Å². The van der Waals surface area contributed by atoms with Gasteiger partial charge in [0.1, 0.15) is 29.1 Å². The molecule has 188 valence electrons. The Morgan fingerprint density at radius 3 is 2.80 bits per heavy atom. The molecule has 35 heavy (non-hydrogen) atoms. The molecule has 0 spiro atoms. The van der Waals surface area contributed by atoms with E-state index in [1.165, 1.54) is 16.8 Å². The fraction of sp³-hybridized carbons (Fsp3) is 0.409. The molecule has 2 aliphatic rings. The van der Waals surface area contributed by atoms with Crippen LogP contribution in [0.15, 0.2) is 29.2 Å². The average Bonchev–Trinajstić information content (AvgIpc) is 3.20. The van der Waals surface area contributed by atoms with Gasteiger partial charge in [-0.2, -0.15) is 0 Å². The van der Waals surface area contributed by atoms with Crippen molar-refractivity contribution in [2.75, 3.05) is 20.5 Å². The number of hydrogen-bond acceptors (Lipinski definition) is 9. The summed E-state index contributed by atoms with van der Waals surface area (Å²) in [6, 6.07) is 2.73. The number of methoxy groups -OCH3 is 1. The largest absolute Gasteiger partial charge is 0.510 e. The van der Waals surface area contributed by atoms with E-state index in [2.05, 4.69) is 14.8 Å². The average molecular weight is 495 g/mol. The first kappa shape index (κ1) is 24.6. The van der Waals surface area contributed by atoms with Crippen LogP contribution in [0.3, 0.4) is 0 Å². The van der Waals surface area contributed by atoms with Crippen LogP contribution in [0.1, 0.15) is 34.8 Å². The Labute approximate surface area is 197 Å². The van der Waals surface area contributed by atoms with E-state index in [0.29, 0.717) is 12.7 Å². The van der Waals surface area contributed by atoms with Gasteiger partial charge < -0.3 is 33.9 Å². The predicted octanol–water partition coefficient (Wildman–Crippen LogP) is 1.23. The monoisotopic (exact) mass is 495 g/mol. The predicted molar refractivity (Wildman–Crippen MR) is 113 cm³/mol. The van der Waals surface area contributed by atoms with E-state index in [1.54, 1.807) is 4.90 Å². The molecule has 11 nitrogen and oxygen atoms in total. The zero-order valence-electron chi connectivity index (χ0n) is 18.8. The summed E-state index contributed by atoms with van der Waals surface area (Å²) in [5.41, 5.74) is -1.18. The molecule has 1 saturated heterocycles. The van der Waals surface area contributed by atoms with Gasteiger partial charge in [-0.1, -0.05) is 6.07 Å². The maximum absolute atomic E-state index is 13.9. The maximum Gasteiger partial charge on any atom is 0.510 e. The minimum atomic E-state index is -1.31. The minimum Gasteiger partial charge on any atom is -0.451 e. The van der Waals surface area contributed by atoms with Crippen molar-refractivity contribution in [2.24, 2.45) is 0 Å². The highest BCUT2D eigenvalue weighted by atomic mass is 19.1. The number of rotatable bonds is 6. The molecule has 1 fully saturated rings. The van der Waals surface area contributed by atoms with Gasteiger partial charge in [0, 0.05) is 30.4 Å². The lowest BCUT2D eigenvalue weighted by Crippen LogP contribution is -2.47. The van der Waals surface area contributed by atoms with Crippen molar-refractivity contribution in [2.45, 2.75) is 38.5 Å². The first-order valence-corrected chi connectivity index (χ1v) is 10.6. The number of halogens is 2. The van der Waals surface area contributed by atoms with Gasteiger partial charge in [-0.05, 0) is 13.0 Å². The maximum atomic E-state index is 13.9. The molecule has 3 heterocycles. The molecule has 0 bridgehead atoms. The third kappa shape index (κ3) is 4.83. The summed E-state index contributed by atoms with van der Waals surface area (Å²) in [6.07, 6.45) is -1.64. The molecule has 0 radical (unpaired) electrons. The van der Waals surface area contributed by atoms with Crippen LogP contribution in [-0.2, 0) is 27.3 Å². The van der Waals surface area contributed by atoms with Crippen molar-refractivity contribution < 1.29 is 42.4 Å². The lowest BCUT2D eigenvalue weighted by atomic mass is 10.1. The lowest BCUT2D eigenvalue weighted by molar-refractivity contribution is -0.106. The van der Waals surface area contributed by atoms with Crippen molar-refractivity contribution in [3.63, 3.8) is 0 Å². The van der Waals surface area contributed by atoms with Crippen molar-refractivity contribution >= 4 is 12.1 Å². The Bertz CT molecular complexity index is 1200. The number of carbonyl (C=O) groups excluding carboxylic acids is 2. The summed E-state index contributed by atoms with van der Waals surface area (Å²) < 4.78 is 48.6. The molecular formula is C22H23F2N3O8. The van der Waals surface area contributed by atoms with E-state index < -0.39 is 54.1 Å². The first-order chi connectivity index (χ1) is 16.7. The number of amides is 1. The molecule has 1 amide bonds. The standard InChI is InChI=1S/C22H23F2N3O8/c1-11-9-33-16-8-26-7-14(20(29)25-6-12-3-4-13(23)5-15(12)24)18(28)19(17(26)21(30)27(11)16)34-10-35-22(31)32-2/h3-5,7,11,16,21,30H,6,8-10H2,1-2H3,(H,25,29)/t11?,16-,21?/m1/s1. The normalized spacial score (nSPS) is 21.1. The van der Waals surface area contributed by atoms with Crippen molar-refractivity contribution in [1.29, 1.82) is 0 Å². The van der Waals surface area contributed by atoms with E-state index in [1.807, 2.05) is 6.92 Å².